The lowest BCUT2D eigenvalue weighted by atomic mass is 10.0. The van der Waals surface area contributed by atoms with Gasteiger partial charge < -0.3 is 23.7 Å². The van der Waals surface area contributed by atoms with Crippen molar-refractivity contribution in [2.75, 3.05) is 33.5 Å². The molecule has 3 rings (SSSR count). The molecule has 0 bridgehead atoms. The molecule has 252 valence electrons. The zero-order valence-corrected chi connectivity index (χ0v) is 27.3. The first-order chi connectivity index (χ1) is 23.3. The van der Waals surface area contributed by atoms with E-state index in [0.29, 0.717) is 43.3 Å². The van der Waals surface area contributed by atoms with Gasteiger partial charge >= 0.3 is 17.9 Å². The zero-order chi connectivity index (χ0) is 34.6. The number of unbranched alkanes of at least 4 members (excludes halogenated alkanes) is 3. The number of methoxy groups -OCH3 is 1. The summed E-state index contributed by atoms with van der Waals surface area (Å²) in [7, 11) is 1.24. The monoisotopic (exact) mass is 654 g/mol. The molecule has 48 heavy (non-hydrogen) atoms. The molecular weight excluding hydrogens is 612 g/mol. The Labute approximate surface area is 281 Å². The van der Waals surface area contributed by atoms with Crippen LogP contribution in [0, 0.1) is 0 Å². The summed E-state index contributed by atoms with van der Waals surface area (Å²) < 4.78 is 26.1. The first-order valence-corrected chi connectivity index (χ1v) is 15.8. The molecule has 0 saturated heterocycles. The highest BCUT2D eigenvalue weighted by molar-refractivity contribution is 6.06. The van der Waals surface area contributed by atoms with Crippen LogP contribution < -0.4 is 9.47 Å². The number of hydrogen-bond acceptors (Lipinski definition) is 9. The molecule has 0 fully saturated rings. The molecule has 0 radical (unpaired) electrons. The third-order valence-electron chi connectivity index (χ3n) is 7.05. The molecule has 0 heterocycles. The first-order valence-electron chi connectivity index (χ1n) is 15.8. The lowest BCUT2D eigenvalue weighted by Gasteiger charge is -2.09. The number of ketones is 1. The van der Waals surface area contributed by atoms with Gasteiger partial charge in [0, 0.05) is 23.6 Å². The van der Waals surface area contributed by atoms with Gasteiger partial charge in [0.1, 0.15) is 11.5 Å². The van der Waals surface area contributed by atoms with Crippen LogP contribution >= 0.6 is 0 Å². The molecule has 9 nitrogen and oxygen atoms in total. The molecule has 3 aromatic rings. The number of carbonyl (C=O) groups excluding carboxylic acids is 4. The van der Waals surface area contributed by atoms with Gasteiger partial charge in [-0.3, -0.25) is 9.59 Å². The molecule has 3 aromatic carbocycles. The molecule has 0 spiro atoms. The number of carbonyl (C=O) groups is 4. The van der Waals surface area contributed by atoms with Crippen molar-refractivity contribution in [3.8, 4) is 22.6 Å². The van der Waals surface area contributed by atoms with E-state index in [0.717, 1.165) is 48.4 Å². The van der Waals surface area contributed by atoms with E-state index < -0.39 is 17.9 Å². The summed E-state index contributed by atoms with van der Waals surface area (Å²) in [6.45, 7) is 8.39. The third kappa shape index (κ3) is 13.5. The number of ether oxygens (including phenoxy) is 5. The molecule has 0 aliphatic heterocycles. The fraction of sp³-hybridized carbons (Fsp3) is 0.282. The van der Waals surface area contributed by atoms with Gasteiger partial charge in [-0.1, -0.05) is 55.6 Å². The van der Waals surface area contributed by atoms with Gasteiger partial charge in [-0.05, 0) is 84.8 Å². The second-order valence-corrected chi connectivity index (χ2v) is 10.7. The van der Waals surface area contributed by atoms with Gasteiger partial charge in [0.05, 0.1) is 40.0 Å². The largest absolute Gasteiger partial charge is 0.494 e. The topological polar surface area (TPSA) is 114 Å². The van der Waals surface area contributed by atoms with Gasteiger partial charge in [0.15, 0.2) is 5.78 Å². The molecule has 0 aromatic heterocycles. The summed E-state index contributed by atoms with van der Waals surface area (Å²) >= 11 is 0. The Kier molecular flexibility index (Phi) is 15.9. The number of allylic oxidation sites excluding steroid dienone is 1. The van der Waals surface area contributed by atoms with Crippen molar-refractivity contribution in [1.29, 1.82) is 0 Å². The first kappa shape index (κ1) is 37.0. The average molecular weight is 655 g/mol. The Balaban J connectivity index is 1.35. The average Bonchev–Trinajstić information content (AvgIpc) is 3.11. The van der Waals surface area contributed by atoms with Crippen molar-refractivity contribution in [1.82, 2.24) is 0 Å². The van der Waals surface area contributed by atoms with Crippen LogP contribution in [0.5, 0.6) is 11.5 Å². The Morgan fingerprint density at radius 3 is 1.81 bits per heavy atom. The van der Waals surface area contributed by atoms with Crippen molar-refractivity contribution in [3.63, 3.8) is 0 Å². The van der Waals surface area contributed by atoms with Crippen LogP contribution in [0.3, 0.4) is 0 Å². The zero-order valence-electron chi connectivity index (χ0n) is 27.3. The van der Waals surface area contributed by atoms with Crippen molar-refractivity contribution >= 4 is 29.8 Å². The molecule has 0 aliphatic carbocycles. The smallest absolute Gasteiger partial charge is 0.333 e. The maximum atomic E-state index is 12.7. The van der Waals surface area contributed by atoms with Crippen LogP contribution in [0.2, 0.25) is 0 Å². The van der Waals surface area contributed by atoms with E-state index in [-0.39, 0.29) is 24.4 Å². The van der Waals surface area contributed by atoms with E-state index in [1.165, 1.54) is 7.11 Å². The Hall–Kier alpha value is -5.44. The standard InChI is InChI=1S/C39H42O9/c1-4-37(41)47-25-8-6-5-7-24-45-35-21-17-33(18-22-35)36(40)23-12-30-10-13-31(14-11-30)32-15-19-34(20-16-32)46-26-9-27-48-39(43)29(2)28-38(42)44-3/h4,10-23H,1-2,5-9,24-28H2,3H3/b23-12+. The second-order valence-electron chi connectivity index (χ2n) is 10.7. The van der Waals surface area contributed by atoms with Crippen molar-refractivity contribution in [2.24, 2.45) is 0 Å². The quantitative estimate of drug-likeness (QED) is 0.0382. The molecule has 0 saturated carbocycles. The van der Waals surface area contributed by atoms with Gasteiger partial charge in [-0.25, -0.2) is 9.59 Å². The summed E-state index contributed by atoms with van der Waals surface area (Å²) in [4.78, 5) is 46.7. The summed E-state index contributed by atoms with van der Waals surface area (Å²) in [5.41, 5.74) is 3.57. The van der Waals surface area contributed by atoms with E-state index in [9.17, 15) is 19.2 Å². The fourth-order valence-electron chi connectivity index (χ4n) is 4.33. The van der Waals surface area contributed by atoms with E-state index in [1.54, 1.807) is 36.4 Å². The van der Waals surface area contributed by atoms with Crippen molar-refractivity contribution < 1.29 is 42.9 Å². The van der Waals surface area contributed by atoms with Gasteiger partial charge in [-0.15, -0.1) is 0 Å². The molecule has 0 N–H and O–H groups in total. The van der Waals surface area contributed by atoms with Crippen LogP contribution in [-0.2, 0) is 28.6 Å². The van der Waals surface area contributed by atoms with Crippen LogP contribution in [0.4, 0.5) is 0 Å². The SMILES string of the molecule is C=CC(=O)OCCCCCCOc1ccc(C(=O)/C=C/c2ccc(-c3ccc(OCCCOC(=O)C(=C)CC(=O)OC)cc3)cc2)cc1. The third-order valence-corrected chi connectivity index (χ3v) is 7.05. The second kappa shape index (κ2) is 20.6. The highest BCUT2D eigenvalue weighted by atomic mass is 16.5. The Morgan fingerprint density at radius 1 is 0.667 bits per heavy atom. The summed E-state index contributed by atoms with van der Waals surface area (Å²) in [6, 6.07) is 22.7. The summed E-state index contributed by atoms with van der Waals surface area (Å²) in [5, 5.41) is 0. The molecular formula is C39H42O9. The predicted octanol–water partition coefficient (Wildman–Crippen LogP) is 7.35. The highest BCUT2D eigenvalue weighted by Crippen LogP contribution is 2.23. The molecule has 0 aliphatic rings. The molecule has 9 heteroatoms. The van der Waals surface area contributed by atoms with Gasteiger partial charge in [0.25, 0.3) is 0 Å². The Morgan fingerprint density at radius 2 is 1.21 bits per heavy atom. The van der Waals surface area contributed by atoms with Crippen molar-refractivity contribution in [3.05, 3.63) is 115 Å². The fourth-order valence-corrected chi connectivity index (χ4v) is 4.33. The molecule has 0 amide bonds. The van der Waals surface area contributed by atoms with Crippen LogP contribution in [0.1, 0.15) is 54.4 Å². The van der Waals surface area contributed by atoms with E-state index in [4.69, 9.17) is 18.9 Å². The minimum Gasteiger partial charge on any atom is -0.494 e. The lowest BCUT2D eigenvalue weighted by Crippen LogP contribution is -2.13. The maximum Gasteiger partial charge on any atom is 0.333 e. The van der Waals surface area contributed by atoms with Crippen LogP contribution in [0.25, 0.3) is 17.2 Å². The number of hydrogen-bond donors (Lipinski definition) is 0. The number of rotatable bonds is 21. The number of esters is 3. The van der Waals surface area contributed by atoms with Gasteiger partial charge in [0.2, 0.25) is 0 Å². The normalized spacial score (nSPS) is 10.6. The summed E-state index contributed by atoms with van der Waals surface area (Å²) in [5.74, 6) is -0.259. The molecule has 0 atom stereocenters. The number of benzene rings is 3. The highest BCUT2D eigenvalue weighted by Gasteiger charge is 2.13. The van der Waals surface area contributed by atoms with Gasteiger partial charge in [-0.2, -0.15) is 0 Å². The van der Waals surface area contributed by atoms with Crippen LogP contribution in [0.15, 0.2) is 104 Å². The maximum absolute atomic E-state index is 12.7. The minimum atomic E-state index is -0.627. The molecule has 0 unspecified atom stereocenters. The lowest BCUT2D eigenvalue weighted by molar-refractivity contribution is -0.144. The van der Waals surface area contributed by atoms with Crippen LogP contribution in [-0.4, -0.2) is 57.2 Å². The van der Waals surface area contributed by atoms with E-state index in [2.05, 4.69) is 17.9 Å². The van der Waals surface area contributed by atoms with E-state index in [1.807, 2.05) is 48.5 Å². The summed E-state index contributed by atoms with van der Waals surface area (Å²) in [6.07, 6.45) is 8.41. The van der Waals surface area contributed by atoms with E-state index >= 15 is 0 Å². The predicted molar refractivity (Wildman–Crippen MR) is 184 cm³/mol. The minimum absolute atomic E-state index is 0.0483. The van der Waals surface area contributed by atoms with Crippen molar-refractivity contribution in [2.45, 2.75) is 38.5 Å². The Bertz CT molecular complexity index is 1540.